The first-order valence-electron chi connectivity index (χ1n) is 18.1. The molecule has 3 atom stereocenters. The molecule has 0 saturated heterocycles. The van der Waals surface area contributed by atoms with Crippen LogP contribution in [0.3, 0.4) is 0 Å². The van der Waals surface area contributed by atoms with Gasteiger partial charge in [0, 0.05) is 12.8 Å². The number of hydrogen-bond acceptors (Lipinski definition) is 9. The molecule has 0 radical (unpaired) electrons. The average molecular weight is 680 g/mol. The molecule has 4 N–H and O–H groups in total. The summed E-state index contributed by atoms with van der Waals surface area (Å²) in [6.45, 7) is 2.77. The van der Waals surface area contributed by atoms with Crippen LogP contribution in [0.5, 0.6) is 0 Å². The summed E-state index contributed by atoms with van der Waals surface area (Å²) < 4.78 is 32.5. The summed E-state index contributed by atoms with van der Waals surface area (Å²) in [6, 6.07) is -1.51. The highest BCUT2D eigenvalue weighted by Crippen LogP contribution is 2.43. The Labute approximate surface area is 278 Å². The molecule has 0 aliphatic heterocycles. The van der Waals surface area contributed by atoms with E-state index in [1.165, 1.54) is 89.9 Å². The molecule has 0 saturated carbocycles. The van der Waals surface area contributed by atoms with E-state index < -0.39 is 51.1 Å². The summed E-state index contributed by atoms with van der Waals surface area (Å²) in [7, 11) is -4.70. The lowest BCUT2D eigenvalue weighted by atomic mass is 10.0. The highest BCUT2D eigenvalue weighted by atomic mass is 31.2. The van der Waals surface area contributed by atoms with Gasteiger partial charge in [-0.25, -0.2) is 4.57 Å². The van der Waals surface area contributed by atoms with Gasteiger partial charge in [0.25, 0.3) is 0 Å². The number of carboxylic acids is 1. The number of carbonyl (C=O) groups excluding carboxylic acids is 2. The van der Waals surface area contributed by atoms with E-state index in [0.717, 1.165) is 38.5 Å². The monoisotopic (exact) mass is 679 g/mol. The van der Waals surface area contributed by atoms with Crippen molar-refractivity contribution in [3.63, 3.8) is 0 Å². The van der Waals surface area contributed by atoms with Gasteiger partial charge in [-0.1, -0.05) is 142 Å². The highest BCUT2D eigenvalue weighted by Gasteiger charge is 2.28. The molecule has 46 heavy (non-hydrogen) atoms. The third kappa shape index (κ3) is 29.9. The minimum Gasteiger partial charge on any atom is -0.480 e. The van der Waals surface area contributed by atoms with E-state index in [1.807, 2.05) is 0 Å². The van der Waals surface area contributed by atoms with Gasteiger partial charge in [-0.3, -0.25) is 23.4 Å². The van der Waals surface area contributed by atoms with Crippen LogP contribution in [0.2, 0.25) is 0 Å². The Morgan fingerprint density at radius 1 is 0.587 bits per heavy atom. The molecular formula is C34H66NO10P. The number of ether oxygens (including phenoxy) is 2. The second-order valence-corrected chi connectivity index (χ2v) is 13.8. The van der Waals surface area contributed by atoms with Gasteiger partial charge < -0.3 is 25.2 Å². The number of unbranched alkanes of at least 4 members (excludes halogenated alkanes) is 20. The Bertz CT molecular complexity index is 813. The normalized spacial score (nSPS) is 14.0. The van der Waals surface area contributed by atoms with Gasteiger partial charge in [0.1, 0.15) is 12.6 Å². The molecule has 12 heteroatoms. The highest BCUT2D eigenvalue weighted by molar-refractivity contribution is 7.47. The lowest BCUT2D eigenvalue weighted by Crippen LogP contribution is -2.34. The molecule has 0 aromatic carbocycles. The van der Waals surface area contributed by atoms with Gasteiger partial charge >= 0.3 is 25.7 Å². The lowest BCUT2D eigenvalue weighted by molar-refractivity contribution is -0.161. The average Bonchev–Trinajstić information content (AvgIpc) is 3.02. The Balaban J connectivity index is 4.46. The molecule has 0 bridgehead atoms. The van der Waals surface area contributed by atoms with E-state index in [9.17, 15) is 23.8 Å². The predicted molar refractivity (Wildman–Crippen MR) is 180 cm³/mol. The number of rotatable bonds is 34. The van der Waals surface area contributed by atoms with Crippen molar-refractivity contribution >= 4 is 25.7 Å². The molecule has 0 rings (SSSR count). The minimum atomic E-state index is -4.70. The number of carboxylic acid groups (broad SMARTS) is 1. The fraction of sp³-hybridized carbons (Fsp3) is 0.912. The smallest absolute Gasteiger partial charge is 0.472 e. The summed E-state index contributed by atoms with van der Waals surface area (Å²) in [4.78, 5) is 45.6. The number of hydrogen-bond donors (Lipinski definition) is 3. The van der Waals surface area contributed by atoms with Crippen LogP contribution in [0.4, 0.5) is 0 Å². The first-order chi connectivity index (χ1) is 22.1. The van der Waals surface area contributed by atoms with Crippen LogP contribution in [-0.2, 0) is 37.5 Å². The molecule has 0 aromatic heterocycles. The topological polar surface area (TPSA) is 172 Å². The molecule has 0 spiro atoms. The van der Waals surface area contributed by atoms with Crippen LogP contribution in [-0.4, -0.2) is 59.9 Å². The first kappa shape index (κ1) is 44.5. The summed E-state index contributed by atoms with van der Waals surface area (Å²) in [6.07, 6.45) is 24.6. The predicted octanol–water partition coefficient (Wildman–Crippen LogP) is 8.39. The summed E-state index contributed by atoms with van der Waals surface area (Å²) >= 11 is 0. The molecule has 11 nitrogen and oxygen atoms in total. The maximum absolute atomic E-state index is 12.5. The molecule has 0 fully saturated rings. The SMILES string of the molecule is CCCCCCCCCCCCCCC(=O)OC(COC(=O)CCCCCCCCCCCC)COP(=O)(O)OCC(N)C(=O)O. The lowest BCUT2D eigenvalue weighted by Gasteiger charge is -2.20. The van der Waals surface area contributed by atoms with Crippen molar-refractivity contribution in [2.24, 2.45) is 5.73 Å². The largest absolute Gasteiger partial charge is 0.480 e. The summed E-state index contributed by atoms with van der Waals surface area (Å²) in [5.41, 5.74) is 5.30. The number of esters is 2. The van der Waals surface area contributed by atoms with Crippen LogP contribution in [0.1, 0.15) is 168 Å². The standard InChI is InChI=1S/C34H66NO10P/c1-3-5-7-9-11-13-15-16-18-20-22-24-26-33(37)45-30(28-43-46(40,41)44-29-31(35)34(38)39)27-42-32(36)25-23-21-19-17-14-12-10-8-6-4-2/h30-31H,3-29,35H2,1-2H3,(H,38,39)(H,40,41). The van der Waals surface area contributed by atoms with E-state index in [4.69, 9.17) is 24.8 Å². The van der Waals surface area contributed by atoms with E-state index in [-0.39, 0.29) is 19.4 Å². The van der Waals surface area contributed by atoms with Gasteiger partial charge in [-0.15, -0.1) is 0 Å². The quantitative estimate of drug-likeness (QED) is 0.0339. The molecule has 0 amide bonds. The maximum Gasteiger partial charge on any atom is 0.472 e. The van der Waals surface area contributed by atoms with Crippen molar-refractivity contribution in [2.75, 3.05) is 19.8 Å². The molecule has 0 aliphatic rings. The number of carbonyl (C=O) groups is 3. The van der Waals surface area contributed by atoms with Gasteiger partial charge in [0.2, 0.25) is 0 Å². The third-order valence-corrected chi connectivity index (χ3v) is 8.81. The second kappa shape index (κ2) is 30.8. The van der Waals surface area contributed by atoms with Crippen LogP contribution in [0, 0.1) is 0 Å². The van der Waals surface area contributed by atoms with Gasteiger partial charge in [-0.2, -0.15) is 0 Å². The van der Waals surface area contributed by atoms with Crippen LogP contribution in [0.25, 0.3) is 0 Å². The van der Waals surface area contributed by atoms with Gasteiger partial charge in [-0.05, 0) is 12.8 Å². The summed E-state index contributed by atoms with van der Waals surface area (Å²) in [5.74, 6) is -2.37. The van der Waals surface area contributed by atoms with Crippen molar-refractivity contribution in [3.05, 3.63) is 0 Å². The van der Waals surface area contributed by atoms with Crippen LogP contribution in [0.15, 0.2) is 0 Å². The van der Waals surface area contributed by atoms with Crippen molar-refractivity contribution < 1.29 is 47.5 Å². The van der Waals surface area contributed by atoms with E-state index in [0.29, 0.717) is 12.8 Å². The molecule has 0 aromatic rings. The minimum absolute atomic E-state index is 0.168. The Kier molecular flexibility index (Phi) is 29.8. The van der Waals surface area contributed by atoms with E-state index >= 15 is 0 Å². The van der Waals surface area contributed by atoms with Crippen molar-refractivity contribution in [1.82, 2.24) is 0 Å². The zero-order chi connectivity index (χ0) is 34.3. The fourth-order valence-corrected chi connectivity index (χ4v) is 5.72. The molecule has 0 aliphatic carbocycles. The third-order valence-electron chi connectivity index (χ3n) is 7.86. The number of nitrogens with two attached hydrogens (primary N) is 1. The molecule has 272 valence electrons. The number of aliphatic carboxylic acids is 1. The zero-order valence-corrected chi connectivity index (χ0v) is 29.8. The Hall–Kier alpha value is -1.52. The number of phosphoric ester groups is 1. The Morgan fingerprint density at radius 2 is 0.957 bits per heavy atom. The number of phosphoric acid groups is 1. The molecule has 0 heterocycles. The summed E-state index contributed by atoms with van der Waals surface area (Å²) in [5, 5.41) is 8.83. The van der Waals surface area contributed by atoms with E-state index in [1.54, 1.807) is 0 Å². The van der Waals surface area contributed by atoms with Gasteiger partial charge in [0.05, 0.1) is 13.2 Å². The van der Waals surface area contributed by atoms with E-state index in [2.05, 4.69) is 18.4 Å². The van der Waals surface area contributed by atoms with Crippen molar-refractivity contribution in [2.45, 2.75) is 180 Å². The Morgan fingerprint density at radius 3 is 1.37 bits per heavy atom. The van der Waals surface area contributed by atoms with Crippen LogP contribution >= 0.6 is 7.82 Å². The van der Waals surface area contributed by atoms with Crippen molar-refractivity contribution in [3.8, 4) is 0 Å². The second-order valence-electron chi connectivity index (χ2n) is 12.4. The fourth-order valence-electron chi connectivity index (χ4n) is 4.95. The van der Waals surface area contributed by atoms with Gasteiger partial charge in [0.15, 0.2) is 6.10 Å². The molecule has 3 unspecified atom stereocenters. The van der Waals surface area contributed by atoms with Crippen molar-refractivity contribution in [1.29, 1.82) is 0 Å². The first-order valence-corrected chi connectivity index (χ1v) is 19.6. The maximum atomic E-state index is 12.5. The van der Waals surface area contributed by atoms with Crippen LogP contribution < -0.4 is 5.73 Å². The molecular weight excluding hydrogens is 613 g/mol. The zero-order valence-electron chi connectivity index (χ0n) is 28.9.